The van der Waals surface area contributed by atoms with E-state index in [-0.39, 0.29) is 6.61 Å². The Kier molecular flexibility index (Phi) is 5.76. The maximum atomic E-state index is 8.69. The maximum absolute atomic E-state index is 8.69. The zero-order valence-corrected chi connectivity index (χ0v) is 8.47. The fourth-order valence-corrected chi connectivity index (χ4v) is 2.15. The van der Waals surface area contributed by atoms with Crippen LogP contribution in [0.5, 0.6) is 0 Å². The number of nitrogens with two attached hydrogens (primary N) is 1. The average Bonchev–Trinajstić information content (AvgIpc) is 1.87. The molecule has 0 unspecified atom stereocenters. The van der Waals surface area contributed by atoms with Gasteiger partial charge in [-0.15, -0.1) is 0 Å². The molecule has 0 aromatic carbocycles. The Bertz CT molecular complexity index is 98.4. The van der Waals surface area contributed by atoms with E-state index in [2.05, 4.69) is 13.1 Å². The van der Waals surface area contributed by atoms with Crippen LogP contribution in [0.4, 0.5) is 0 Å². The highest BCUT2D eigenvalue weighted by Crippen LogP contribution is 2.09. The molecule has 4 heteroatoms. The molecule has 0 amide bonds. The minimum Gasteiger partial charge on any atom is -0.417 e. The summed E-state index contributed by atoms with van der Waals surface area (Å²) in [6.45, 7) is 5.89. The Balaban J connectivity index is 3.38. The van der Waals surface area contributed by atoms with Crippen molar-refractivity contribution in [2.24, 2.45) is 5.73 Å². The van der Waals surface area contributed by atoms with Crippen molar-refractivity contribution in [2.45, 2.75) is 25.6 Å². The molecule has 0 aliphatic heterocycles. The Morgan fingerprint density at radius 3 is 2.55 bits per heavy atom. The van der Waals surface area contributed by atoms with E-state index in [1.165, 1.54) is 0 Å². The van der Waals surface area contributed by atoms with Gasteiger partial charge in [0.25, 0.3) is 0 Å². The zero-order chi connectivity index (χ0) is 8.74. The van der Waals surface area contributed by atoms with Crippen molar-refractivity contribution in [3.8, 4) is 0 Å². The Morgan fingerprint density at radius 2 is 2.09 bits per heavy atom. The molecule has 0 atom stereocenters. The third-order valence-electron chi connectivity index (χ3n) is 1.56. The first-order valence-corrected chi connectivity index (χ1v) is 7.19. The predicted molar refractivity (Wildman–Crippen MR) is 49.0 cm³/mol. The summed E-state index contributed by atoms with van der Waals surface area (Å²) in [5.41, 5.74) is 5.32. The molecule has 0 saturated heterocycles. The molecule has 0 fully saturated rings. The topological polar surface area (TPSA) is 55.5 Å². The second-order valence-corrected chi connectivity index (χ2v) is 7.53. The number of rotatable bonds is 6. The fourth-order valence-electron chi connectivity index (χ4n) is 0.773. The van der Waals surface area contributed by atoms with Gasteiger partial charge in [-0.1, -0.05) is 0 Å². The second kappa shape index (κ2) is 5.71. The Morgan fingerprint density at radius 1 is 1.45 bits per heavy atom. The Labute approximate surface area is 69.7 Å². The van der Waals surface area contributed by atoms with Gasteiger partial charge < -0.3 is 15.3 Å². The first-order valence-electron chi connectivity index (χ1n) is 4.07. The van der Waals surface area contributed by atoms with E-state index in [1.54, 1.807) is 0 Å². The van der Waals surface area contributed by atoms with Crippen LogP contribution in [-0.4, -0.2) is 33.2 Å². The molecule has 0 aliphatic carbocycles. The summed E-state index contributed by atoms with van der Waals surface area (Å²) >= 11 is 0. The van der Waals surface area contributed by atoms with Gasteiger partial charge in [-0.05, 0) is 32.1 Å². The normalized spacial score (nSPS) is 12.0. The van der Waals surface area contributed by atoms with E-state index in [0.717, 1.165) is 19.1 Å². The first-order chi connectivity index (χ1) is 5.12. The molecule has 0 aromatic rings. The summed E-state index contributed by atoms with van der Waals surface area (Å²) in [5, 5.41) is 8.69. The lowest BCUT2D eigenvalue weighted by Crippen LogP contribution is -2.32. The summed E-state index contributed by atoms with van der Waals surface area (Å²) < 4.78 is 5.61. The van der Waals surface area contributed by atoms with Crippen molar-refractivity contribution in [2.75, 3.05) is 19.8 Å². The number of hydrogen-bond acceptors (Lipinski definition) is 3. The summed E-state index contributed by atoms with van der Waals surface area (Å²) in [7, 11) is -1.55. The fraction of sp³-hybridized carbons (Fsp3) is 1.00. The molecule has 0 spiro atoms. The smallest absolute Gasteiger partial charge is 0.188 e. The average molecular weight is 177 g/mol. The summed E-state index contributed by atoms with van der Waals surface area (Å²) in [5.74, 6) is 0. The lowest BCUT2D eigenvalue weighted by Gasteiger charge is -2.21. The zero-order valence-electron chi connectivity index (χ0n) is 7.47. The SMILES string of the molecule is C[Si](C)(CCO)OCCCN. The van der Waals surface area contributed by atoms with Crippen LogP contribution in [0.1, 0.15) is 6.42 Å². The second-order valence-electron chi connectivity index (χ2n) is 3.22. The van der Waals surface area contributed by atoms with Crippen LogP contribution >= 0.6 is 0 Å². The summed E-state index contributed by atoms with van der Waals surface area (Å²) in [6, 6.07) is 0.817. The molecule has 11 heavy (non-hydrogen) atoms. The largest absolute Gasteiger partial charge is 0.417 e. The van der Waals surface area contributed by atoms with E-state index in [9.17, 15) is 0 Å². The first kappa shape index (κ1) is 11.1. The lowest BCUT2D eigenvalue weighted by molar-refractivity contribution is 0.276. The van der Waals surface area contributed by atoms with Crippen LogP contribution < -0.4 is 5.73 Å². The van der Waals surface area contributed by atoms with E-state index in [1.807, 2.05) is 0 Å². The van der Waals surface area contributed by atoms with E-state index < -0.39 is 8.32 Å². The van der Waals surface area contributed by atoms with E-state index >= 15 is 0 Å². The van der Waals surface area contributed by atoms with Crippen LogP contribution in [0.15, 0.2) is 0 Å². The van der Waals surface area contributed by atoms with Crippen molar-refractivity contribution in [3.63, 3.8) is 0 Å². The van der Waals surface area contributed by atoms with Gasteiger partial charge in [-0.3, -0.25) is 0 Å². The summed E-state index contributed by atoms with van der Waals surface area (Å²) in [4.78, 5) is 0. The highest BCUT2D eigenvalue weighted by molar-refractivity contribution is 6.71. The van der Waals surface area contributed by atoms with Gasteiger partial charge >= 0.3 is 0 Å². The van der Waals surface area contributed by atoms with E-state index in [4.69, 9.17) is 15.3 Å². The van der Waals surface area contributed by atoms with Gasteiger partial charge in [0.1, 0.15) is 0 Å². The summed E-state index contributed by atoms with van der Waals surface area (Å²) in [6.07, 6.45) is 0.919. The molecular formula is C7H19NO2Si. The van der Waals surface area contributed by atoms with Gasteiger partial charge in [0.05, 0.1) is 0 Å². The van der Waals surface area contributed by atoms with Gasteiger partial charge in [-0.25, -0.2) is 0 Å². The van der Waals surface area contributed by atoms with Crippen molar-refractivity contribution >= 4 is 8.32 Å². The number of hydrogen-bond donors (Lipinski definition) is 2. The molecule has 0 rings (SSSR count). The quantitative estimate of drug-likeness (QED) is 0.460. The van der Waals surface area contributed by atoms with Gasteiger partial charge in [0, 0.05) is 13.2 Å². The molecule has 0 heterocycles. The molecule has 68 valence electrons. The van der Waals surface area contributed by atoms with Crippen molar-refractivity contribution in [1.82, 2.24) is 0 Å². The van der Waals surface area contributed by atoms with Crippen LogP contribution in [0.2, 0.25) is 19.1 Å². The van der Waals surface area contributed by atoms with Crippen molar-refractivity contribution < 1.29 is 9.53 Å². The van der Waals surface area contributed by atoms with Gasteiger partial charge in [-0.2, -0.15) is 0 Å². The van der Waals surface area contributed by atoms with Crippen molar-refractivity contribution in [1.29, 1.82) is 0 Å². The highest BCUT2D eigenvalue weighted by Gasteiger charge is 2.20. The number of aliphatic hydroxyl groups is 1. The predicted octanol–water partition coefficient (Wildman–Crippen LogP) is 0.549. The minimum absolute atomic E-state index is 0.238. The van der Waals surface area contributed by atoms with Gasteiger partial charge in [0.15, 0.2) is 8.32 Å². The molecule has 0 radical (unpaired) electrons. The molecule has 3 nitrogen and oxygen atoms in total. The van der Waals surface area contributed by atoms with E-state index in [0.29, 0.717) is 6.54 Å². The monoisotopic (exact) mass is 177 g/mol. The van der Waals surface area contributed by atoms with Gasteiger partial charge in [0.2, 0.25) is 0 Å². The van der Waals surface area contributed by atoms with Crippen LogP contribution in [0, 0.1) is 0 Å². The number of aliphatic hydroxyl groups excluding tert-OH is 1. The third-order valence-corrected chi connectivity index (χ3v) is 3.97. The highest BCUT2D eigenvalue weighted by atomic mass is 28.4. The molecular weight excluding hydrogens is 158 g/mol. The standard InChI is InChI=1S/C7H19NO2Si/c1-11(2,7-5-9)10-6-3-4-8/h9H,3-8H2,1-2H3. The molecule has 3 N–H and O–H groups in total. The van der Waals surface area contributed by atoms with Crippen LogP contribution in [0.25, 0.3) is 0 Å². The third kappa shape index (κ3) is 6.49. The van der Waals surface area contributed by atoms with Crippen molar-refractivity contribution in [3.05, 3.63) is 0 Å². The maximum Gasteiger partial charge on any atom is 0.188 e. The lowest BCUT2D eigenvalue weighted by atomic mass is 10.5. The molecule has 0 saturated carbocycles. The Hall–Kier alpha value is 0.0969. The minimum atomic E-state index is -1.55. The molecule has 0 bridgehead atoms. The van der Waals surface area contributed by atoms with Crippen LogP contribution in [0.3, 0.4) is 0 Å². The van der Waals surface area contributed by atoms with Crippen LogP contribution in [-0.2, 0) is 4.43 Å². The molecule has 0 aromatic heterocycles. The molecule has 0 aliphatic rings.